The number of rotatable bonds is 6. The number of nitrogens with one attached hydrogen (secondary N) is 1. The number of hydrogen-bond acceptors (Lipinski definition) is 3. The summed E-state index contributed by atoms with van der Waals surface area (Å²) < 4.78 is 12.8. The summed E-state index contributed by atoms with van der Waals surface area (Å²) in [6.45, 7) is 5.07. The van der Waals surface area contributed by atoms with E-state index in [2.05, 4.69) is 57.1 Å². The second-order valence-electron chi connectivity index (χ2n) is 6.60. The molecule has 0 saturated carbocycles. The van der Waals surface area contributed by atoms with Crippen LogP contribution in [0.2, 0.25) is 0 Å². The quantitative estimate of drug-likeness (QED) is 0.386. The van der Waals surface area contributed by atoms with E-state index in [4.69, 9.17) is 9.47 Å². The van der Waals surface area contributed by atoms with Gasteiger partial charge in [-0.25, -0.2) is 4.98 Å². The Morgan fingerprint density at radius 1 is 1.00 bits per heavy atom. The third kappa shape index (κ3) is 3.90. The second kappa shape index (κ2) is 8.07. The van der Waals surface area contributed by atoms with Crippen molar-refractivity contribution >= 4 is 27.0 Å². The molecule has 0 bridgehead atoms. The zero-order valence-electron chi connectivity index (χ0n) is 15.8. The van der Waals surface area contributed by atoms with Crippen molar-refractivity contribution in [2.24, 2.45) is 0 Å². The number of nitrogens with zero attached hydrogens (tertiary/aromatic N) is 1. The lowest BCUT2D eigenvalue weighted by Gasteiger charge is -2.15. The zero-order valence-corrected chi connectivity index (χ0v) is 17.4. The highest BCUT2D eigenvalue weighted by molar-refractivity contribution is 9.10. The van der Waals surface area contributed by atoms with Crippen molar-refractivity contribution in [1.29, 1.82) is 0 Å². The van der Waals surface area contributed by atoms with Gasteiger partial charge in [0.1, 0.15) is 12.4 Å². The Balaban J connectivity index is 1.66. The van der Waals surface area contributed by atoms with Gasteiger partial charge in [0.25, 0.3) is 0 Å². The number of ether oxygens (including phenoxy) is 2. The molecule has 0 aliphatic heterocycles. The van der Waals surface area contributed by atoms with Crippen LogP contribution in [0.1, 0.15) is 18.1 Å². The topological polar surface area (TPSA) is 47.1 Å². The minimum absolute atomic E-state index is 0.475. The van der Waals surface area contributed by atoms with Crippen LogP contribution in [0.5, 0.6) is 11.5 Å². The van der Waals surface area contributed by atoms with E-state index >= 15 is 0 Å². The molecule has 0 atom stereocenters. The molecule has 0 fully saturated rings. The third-order valence-corrected chi connectivity index (χ3v) is 5.06. The highest BCUT2D eigenvalue weighted by atomic mass is 79.9. The van der Waals surface area contributed by atoms with E-state index < -0.39 is 0 Å². The SMILES string of the molecule is CCOc1cc(-c2nc3ccccc3[nH]2)cc(Br)c1OCc1ccc(C)cc1. The summed E-state index contributed by atoms with van der Waals surface area (Å²) in [5, 5.41) is 0. The summed E-state index contributed by atoms with van der Waals surface area (Å²) in [6, 6.07) is 20.3. The number of aryl methyl sites for hydroxylation is 1. The summed E-state index contributed by atoms with van der Waals surface area (Å²) in [5.74, 6) is 2.19. The number of aromatic nitrogens is 2. The van der Waals surface area contributed by atoms with E-state index in [1.807, 2.05) is 43.3 Å². The summed E-state index contributed by atoms with van der Waals surface area (Å²) in [4.78, 5) is 8.05. The Bertz CT molecular complexity index is 1070. The number of hydrogen-bond donors (Lipinski definition) is 1. The van der Waals surface area contributed by atoms with Gasteiger partial charge < -0.3 is 14.5 Å². The minimum Gasteiger partial charge on any atom is -0.490 e. The van der Waals surface area contributed by atoms with Gasteiger partial charge in [-0.15, -0.1) is 0 Å². The lowest BCUT2D eigenvalue weighted by molar-refractivity contribution is 0.268. The number of aromatic amines is 1. The van der Waals surface area contributed by atoms with E-state index in [0.717, 1.165) is 32.5 Å². The summed E-state index contributed by atoms with van der Waals surface area (Å²) in [7, 11) is 0. The smallest absolute Gasteiger partial charge is 0.175 e. The molecule has 4 nitrogen and oxygen atoms in total. The molecule has 1 aromatic heterocycles. The standard InChI is InChI=1S/C23H21BrN2O2/c1-3-27-21-13-17(23-25-19-6-4-5-7-20(19)26-23)12-18(24)22(21)28-14-16-10-8-15(2)9-11-16/h4-13H,3,14H2,1-2H3,(H,25,26). The molecule has 1 N–H and O–H groups in total. The van der Waals surface area contributed by atoms with Crippen LogP contribution >= 0.6 is 15.9 Å². The van der Waals surface area contributed by atoms with Gasteiger partial charge in [0.2, 0.25) is 0 Å². The first-order chi connectivity index (χ1) is 13.6. The molecule has 5 heteroatoms. The minimum atomic E-state index is 0.475. The highest BCUT2D eigenvalue weighted by Gasteiger charge is 2.15. The van der Waals surface area contributed by atoms with Crippen LogP contribution in [0.25, 0.3) is 22.4 Å². The first-order valence-electron chi connectivity index (χ1n) is 9.24. The Morgan fingerprint density at radius 2 is 1.79 bits per heavy atom. The van der Waals surface area contributed by atoms with E-state index in [1.54, 1.807) is 0 Å². The third-order valence-electron chi connectivity index (χ3n) is 4.48. The number of para-hydroxylation sites is 2. The van der Waals surface area contributed by atoms with Crippen molar-refractivity contribution in [3.05, 3.63) is 76.3 Å². The first kappa shape index (κ1) is 18.6. The number of benzene rings is 3. The number of H-pyrrole nitrogens is 1. The normalized spacial score (nSPS) is 11.0. The van der Waals surface area contributed by atoms with E-state index in [0.29, 0.717) is 24.7 Å². The summed E-state index contributed by atoms with van der Waals surface area (Å²) in [5.41, 5.74) is 5.23. The van der Waals surface area contributed by atoms with Gasteiger partial charge in [0, 0.05) is 5.56 Å². The average molecular weight is 437 g/mol. The van der Waals surface area contributed by atoms with Crippen molar-refractivity contribution in [2.75, 3.05) is 6.61 Å². The monoisotopic (exact) mass is 436 g/mol. The van der Waals surface area contributed by atoms with Gasteiger partial charge in [-0.05, 0) is 59.6 Å². The molecule has 142 valence electrons. The molecular weight excluding hydrogens is 416 g/mol. The lowest BCUT2D eigenvalue weighted by Crippen LogP contribution is -2.01. The molecule has 3 aromatic carbocycles. The molecule has 0 aliphatic carbocycles. The molecule has 0 spiro atoms. The molecule has 28 heavy (non-hydrogen) atoms. The van der Waals surface area contributed by atoms with Crippen LogP contribution < -0.4 is 9.47 Å². The predicted molar refractivity (Wildman–Crippen MR) is 116 cm³/mol. The van der Waals surface area contributed by atoms with Crippen LogP contribution in [-0.4, -0.2) is 16.6 Å². The average Bonchev–Trinajstić information content (AvgIpc) is 3.13. The second-order valence-corrected chi connectivity index (χ2v) is 7.45. The van der Waals surface area contributed by atoms with Gasteiger partial charge in [-0.1, -0.05) is 42.0 Å². The summed E-state index contributed by atoms with van der Waals surface area (Å²) >= 11 is 3.65. The van der Waals surface area contributed by atoms with Crippen LogP contribution in [0.4, 0.5) is 0 Å². The Morgan fingerprint density at radius 3 is 2.54 bits per heavy atom. The van der Waals surface area contributed by atoms with Crippen molar-refractivity contribution in [3.63, 3.8) is 0 Å². The molecule has 4 aromatic rings. The van der Waals surface area contributed by atoms with Crippen LogP contribution in [-0.2, 0) is 6.61 Å². The van der Waals surface area contributed by atoms with E-state index in [1.165, 1.54) is 5.56 Å². The van der Waals surface area contributed by atoms with Crippen molar-refractivity contribution < 1.29 is 9.47 Å². The van der Waals surface area contributed by atoms with Gasteiger partial charge >= 0.3 is 0 Å². The van der Waals surface area contributed by atoms with Crippen LogP contribution in [0, 0.1) is 6.92 Å². The fourth-order valence-electron chi connectivity index (χ4n) is 3.04. The van der Waals surface area contributed by atoms with Crippen molar-refractivity contribution in [3.8, 4) is 22.9 Å². The van der Waals surface area contributed by atoms with Gasteiger partial charge in [0.15, 0.2) is 11.5 Å². The molecular formula is C23H21BrN2O2. The molecule has 1 heterocycles. The molecule has 0 radical (unpaired) electrons. The van der Waals surface area contributed by atoms with E-state index in [-0.39, 0.29) is 0 Å². The summed E-state index contributed by atoms with van der Waals surface area (Å²) in [6.07, 6.45) is 0. The Labute approximate surface area is 172 Å². The maximum Gasteiger partial charge on any atom is 0.175 e. The van der Waals surface area contributed by atoms with Gasteiger partial charge in [0.05, 0.1) is 22.1 Å². The fraction of sp³-hybridized carbons (Fsp3) is 0.174. The Kier molecular flexibility index (Phi) is 5.35. The van der Waals surface area contributed by atoms with Gasteiger partial charge in [-0.2, -0.15) is 0 Å². The first-order valence-corrected chi connectivity index (χ1v) is 10.0. The molecule has 4 rings (SSSR count). The van der Waals surface area contributed by atoms with Crippen molar-refractivity contribution in [2.45, 2.75) is 20.5 Å². The molecule has 0 saturated heterocycles. The predicted octanol–water partition coefficient (Wildman–Crippen LogP) is 6.28. The highest BCUT2D eigenvalue weighted by Crippen LogP contribution is 2.40. The molecule has 0 unspecified atom stereocenters. The largest absolute Gasteiger partial charge is 0.490 e. The number of imidazole rings is 1. The maximum atomic E-state index is 6.09. The van der Waals surface area contributed by atoms with Crippen LogP contribution in [0.15, 0.2) is 65.1 Å². The number of fused-ring (bicyclic) bond motifs is 1. The van der Waals surface area contributed by atoms with Crippen LogP contribution in [0.3, 0.4) is 0 Å². The lowest BCUT2D eigenvalue weighted by atomic mass is 10.1. The molecule has 0 amide bonds. The van der Waals surface area contributed by atoms with Crippen molar-refractivity contribution in [1.82, 2.24) is 9.97 Å². The fourth-order valence-corrected chi connectivity index (χ4v) is 3.59. The zero-order chi connectivity index (χ0) is 19.5. The van der Waals surface area contributed by atoms with E-state index in [9.17, 15) is 0 Å². The number of halogens is 1. The molecule has 0 aliphatic rings. The Hall–Kier alpha value is -2.79. The van der Waals surface area contributed by atoms with Gasteiger partial charge in [-0.3, -0.25) is 0 Å². The maximum absolute atomic E-state index is 6.09.